The van der Waals surface area contributed by atoms with E-state index in [2.05, 4.69) is 10.0 Å². The lowest BCUT2D eigenvalue weighted by Crippen LogP contribution is -2.40. The van der Waals surface area contributed by atoms with E-state index in [1.807, 2.05) is 13.8 Å². The van der Waals surface area contributed by atoms with Crippen LogP contribution in [-0.2, 0) is 23.8 Å². The number of esters is 2. The second kappa shape index (κ2) is 8.27. The Morgan fingerprint density at radius 1 is 1.12 bits per heavy atom. The smallest absolute Gasteiger partial charge is 0.313 e. The fourth-order valence-corrected chi connectivity index (χ4v) is 2.52. The fourth-order valence-electron chi connectivity index (χ4n) is 2.52. The van der Waals surface area contributed by atoms with Crippen molar-refractivity contribution in [3.63, 3.8) is 0 Å². The maximum atomic E-state index is 12.4. The van der Waals surface area contributed by atoms with Gasteiger partial charge in [-0.2, -0.15) is 0 Å². The highest BCUT2D eigenvalue weighted by molar-refractivity contribution is 5.76. The Bertz CT molecular complexity index is 572. The van der Waals surface area contributed by atoms with Crippen molar-refractivity contribution in [3.8, 4) is 0 Å². The van der Waals surface area contributed by atoms with Crippen molar-refractivity contribution < 1.29 is 23.8 Å². The van der Waals surface area contributed by atoms with Crippen molar-refractivity contribution >= 4 is 11.9 Å². The maximum Gasteiger partial charge on any atom is 0.313 e. The van der Waals surface area contributed by atoms with E-state index in [1.54, 1.807) is 41.5 Å². The first-order chi connectivity index (χ1) is 11.8. The van der Waals surface area contributed by atoms with E-state index in [4.69, 9.17) is 19.7 Å². The maximum absolute atomic E-state index is 12.4. The van der Waals surface area contributed by atoms with Gasteiger partial charge in [0.2, 0.25) is 6.29 Å². The molecule has 0 unspecified atom stereocenters. The molecule has 8 nitrogen and oxygen atoms in total. The van der Waals surface area contributed by atoms with E-state index >= 15 is 0 Å². The minimum Gasteiger partial charge on any atom is -0.455 e. The molecule has 0 aromatic heterocycles. The standard InChI is InChI=1S/C18H31N3O5/c1-9-11(20-21-19)12-10(2)13(25-15(22)17(3,4)5)14(24-12)26-16(23)18(6,7)8/h10-14H,9H2,1-8H3/t10-,11-,12+,13+,14-/m0/s1. The van der Waals surface area contributed by atoms with Crippen LogP contribution in [0.3, 0.4) is 0 Å². The summed E-state index contributed by atoms with van der Waals surface area (Å²) in [5, 5.41) is 3.77. The van der Waals surface area contributed by atoms with Crippen LogP contribution in [0.15, 0.2) is 5.11 Å². The van der Waals surface area contributed by atoms with Crippen molar-refractivity contribution in [1.29, 1.82) is 0 Å². The zero-order chi connectivity index (χ0) is 20.3. The number of rotatable bonds is 5. The van der Waals surface area contributed by atoms with Crippen LogP contribution in [0.4, 0.5) is 0 Å². The molecule has 0 aromatic carbocycles. The van der Waals surface area contributed by atoms with Gasteiger partial charge >= 0.3 is 11.9 Å². The highest BCUT2D eigenvalue weighted by atomic mass is 16.7. The predicted molar refractivity (Wildman–Crippen MR) is 95.9 cm³/mol. The minimum atomic E-state index is -1.03. The third-order valence-electron chi connectivity index (χ3n) is 4.28. The molecule has 0 N–H and O–H groups in total. The zero-order valence-electron chi connectivity index (χ0n) is 17.0. The number of ether oxygens (including phenoxy) is 3. The predicted octanol–water partition coefficient (Wildman–Crippen LogP) is 3.98. The van der Waals surface area contributed by atoms with Crippen molar-refractivity contribution in [2.45, 2.75) is 86.4 Å². The van der Waals surface area contributed by atoms with Crippen molar-refractivity contribution in [3.05, 3.63) is 10.4 Å². The summed E-state index contributed by atoms with van der Waals surface area (Å²) in [5.41, 5.74) is 7.36. The Kier molecular flexibility index (Phi) is 7.08. The quantitative estimate of drug-likeness (QED) is 0.315. The minimum absolute atomic E-state index is 0.297. The van der Waals surface area contributed by atoms with E-state index in [-0.39, 0.29) is 5.92 Å². The molecule has 26 heavy (non-hydrogen) atoms. The average Bonchev–Trinajstić information content (AvgIpc) is 2.80. The van der Waals surface area contributed by atoms with Gasteiger partial charge in [-0.3, -0.25) is 9.59 Å². The molecule has 0 spiro atoms. The van der Waals surface area contributed by atoms with Crippen LogP contribution in [0.2, 0.25) is 0 Å². The highest BCUT2D eigenvalue weighted by Crippen LogP contribution is 2.36. The Labute approximate surface area is 155 Å². The molecule has 0 amide bonds. The van der Waals surface area contributed by atoms with Gasteiger partial charge < -0.3 is 14.2 Å². The monoisotopic (exact) mass is 369 g/mol. The topological polar surface area (TPSA) is 111 Å². The lowest BCUT2D eigenvalue weighted by molar-refractivity contribution is -0.206. The molecule has 1 fully saturated rings. The van der Waals surface area contributed by atoms with Crippen LogP contribution in [0.5, 0.6) is 0 Å². The molecule has 1 saturated heterocycles. The van der Waals surface area contributed by atoms with Crippen LogP contribution in [0.25, 0.3) is 10.4 Å². The van der Waals surface area contributed by atoms with Crippen molar-refractivity contribution in [1.82, 2.24) is 0 Å². The summed E-state index contributed by atoms with van der Waals surface area (Å²) in [6, 6.07) is -0.441. The van der Waals surface area contributed by atoms with Gasteiger partial charge in [0.05, 0.1) is 23.0 Å². The Hall–Kier alpha value is -1.79. The second-order valence-electron chi connectivity index (χ2n) is 8.78. The summed E-state index contributed by atoms with van der Waals surface area (Å²) in [5.74, 6) is -1.16. The third-order valence-corrected chi connectivity index (χ3v) is 4.28. The lowest BCUT2D eigenvalue weighted by Gasteiger charge is -2.27. The Morgan fingerprint density at radius 2 is 1.62 bits per heavy atom. The van der Waals surface area contributed by atoms with Gasteiger partial charge in [-0.05, 0) is 53.5 Å². The van der Waals surface area contributed by atoms with E-state index in [0.717, 1.165) is 0 Å². The molecular formula is C18H31N3O5. The van der Waals surface area contributed by atoms with E-state index in [0.29, 0.717) is 6.42 Å². The van der Waals surface area contributed by atoms with Crippen LogP contribution in [0, 0.1) is 16.7 Å². The summed E-state index contributed by atoms with van der Waals surface area (Å²) in [6.07, 6.45) is -1.75. The van der Waals surface area contributed by atoms with E-state index in [9.17, 15) is 9.59 Å². The third kappa shape index (κ3) is 5.35. The molecule has 0 radical (unpaired) electrons. The molecule has 5 atom stereocenters. The van der Waals surface area contributed by atoms with Gasteiger partial charge in [0.15, 0.2) is 6.10 Å². The number of hydrogen-bond acceptors (Lipinski definition) is 6. The van der Waals surface area contributed by atoms with Gasteiger partial charge in [-0.15, -0.1) is 0 Å². The molecule has 8 heteroatoms. The molecule has 1 heterocycles. The normalized spacial score (nSPS) is 27.4. The molecule has 148 valence electrons. The molecule has 1 rings (SSSR count). The first-order valence-electron chi connectivity index (χ1n) is 8.94. The molecule has 0 aromatic rings. The molecule has 0 aliphatic carbocycles. The van der Waals surface area contributed by atoms with Crippen LogP contribution >= 0.6 is 0 Å². The van der Waals surface area contributed by atoms with Crippen LogP contribution in [-0.4, -0.2) is 36.5 Å². The average molecular weight is 369 g/mol. The summed E-state index contributed by atoms with van der Waals surface area (Å²) in [7, 11) is 0. The number of hydrogen-bond donors (Lipinski definition) is 0. The first kappa shape index (κ1) is 22.3. The van der Waals surface area contributed by atoms with E-state index in [1.165, 1.54) is 0 Å². The number of carbonyl (C=O) groups excluding carboxylic acids is 2. The highest BCUT2D eigenvalue weighted by Gasteiger charge is 2.50. The largest absolute Gasteiger partial charge is 0.455 e. The molecule has 0 saturated carbocycles. The molecule has 1 aliphatic rings. The number of nitrogens with zero attached hydrogens (tertiary/aromatic N) is 3. The molecule has 0 bridgehead atoms. The summed E-state index contributed by atoms with van der Waals surface area (Å²) in [6.45, 7) is 14.2. The summed E-state index contributed by atoms with van der Waals surface area (Å²) in [4.78, 5) is 27.5. The SMILES string of the molecule is CC[C@H](N=[N+]=[N-])[C@@H]1O[C@@H](OC(=O)C(C)(C)C)[C@H](OC(=O)C(C)(C)C)[C@H]1C. The van der Waals surface area contributed by atoms with Gasteiger partial charge in [0, 0.05) is 10.8 Å². The Balaban J connectivity index is 3.10. The van der Waals surface area contributed by atoms with Crippen molar-refractivity contribution in [2.75, 3.05) is 0 Å². The first-order valence-corrected chi connectivity index (χ1v) is 8.94. The summed E-state index contributed by atoms with van der Waals surface area (Å²) >= 11 is 0. The van der Waals surface area contributed by atoms with E-state index < -0.39 is 47.3 Å². The summed E-state index contributed by atoms with van der Waals surface area (Å²) < 4.78 is 17.0. The van der Waals surface area contributed by atoms with Gasteiger partial charge in [-0.1, -0.05) is 19.0 Å². The Morgan fingerprint density at radius 3 is 2.04 bits per heavy atom. The number of carbonyl (C=O) groups is 2. The van der Waals surface area contributed by atoms with Crippen LogP contribution in [0.1, 0.15) is 61.8 Å². The van der Waals surface area contributed by atoms with Gasteiger partial charge in [0.25, 0.3) is 0 Å². The second-order valence-corrected chi connectivity index (χ2v) is 8.78. The zero-order valence-corrected chi connectivity index (χ0v) is 17.0. The molecular weight excluding hydrogens is 338 g/mol. The molecule has 1 aliphatic heterocycles. The van der Waals surface area contributed by atoms with Crippen molar-refractivity contribution in [2.24, 2.45) is 21.9 Å². The fraction of sp³-hybridized carbons (Fsp3) is 0.889. The van der Waals surface area contributed by atoms with Crippen LogP contribution < -0.4 is 0 Å². The number of azide groups is 1. The van der Waals surface area contributed by atoms with Gasteiger partial charge in [0.1, 0.15) is 0 Å². The van der Waals surface area contributed by atoms with Gasteiger partial charge in [-0.25, -0.2) is 0 Å². The lowest BCUT2D eigenvalue weighted by atomic mass is 9.93.